The van der Waals surface area contributed by atoms with Crippen LogP contribution in [0.1, 0.15) is 168 Å². The van der Waals surface area contributed by atoms with Crippen LogP contribution >= 0.6 is 7.82 Å². The van der Waals surface area contributed by atoms with Crippen LogP contribution in [0, 0.1) is 0 Å². The predicted molar refractivity (Wildman–Crippen MR) is 194 cm³/mol. The van der Waals surface area contributed by atoms with Gasteiger partial charge in [-0.3, -0.25) is 9.36 Å². The lowest BCUT2D eigenvalue weighted by Gasteiger charge is -2.28. The number of quaternary nitrogens is 1. The van der Waals surface area contributed by atoms with Gasteiger partial charge in [0.25, 0.3) is 7.82 Å². The molecule has 0 aromatic rings. The van der Waals surface area contributed by atoms with Gasteiger partial charge in [-0.1, -0.05) is 135 Å². The molecular weight excluding hydrogens is 613 g/mol. The zero-order chi connectivity index (χ0) is 34.9. The van der Waals surface area contributed by atoms with Crippen LogP contribution in [-0.2, 0) is 27.9 Å². The molecule has 0 heterocycles. The number of hydrogen-bond donors (Lipinski definition) is 0. The van der Waals surface area contributed by atoms with E-state index in [9.17, 15) is 14.3 Å². The lowest BCUT2D eigenvalue weighted by molar-refractivity contribution is -0.870. The molecule has 0 bridgehead atoms. The van der Waals surface area contributed by atoms with E-state index in [4.69, 9.17) is 18.5 Å². The molecule has 0 aliphatic carbocycles. The smallest absolute Gasteiger partial charge is 0.306 e. The Morgan fingerprint density at radius 1 is 0.638 bits per heavy atom. The highest BCUT2D eigenvalue weighted by molar-refractivity contribution is 7.45. The van der Waals surface area contributed by atoms with E-state index in [0.717, 1.165) is 32.1 Å². The van der Waals surface area contributed by atoms with Crippen molar-refractivity contribution in [3.63, 3.8) is 0 Å². The molecule has 0 aliphatic heterocycles. The third-order valence-electron chi connectivity index (χ3n) is 8.32. The lowest BCUT2D eigenvalue weighted by atomic mass is 10.1. The van der Waals surface area contributed by atoms with Crippen LogP contribution < -0.4 is 4.89 Å². The van der Waals surface area contributed by atoms with E-state index >= 15 is 0 Å². The molecule has 0 fully saturated rings. The first-order valence-electron chi connectivity index (χ1n) is 19.4. The van der Waals surface area contributed by atoms with Gasteiger partial charge in [-0.05, 0) is 38.5 Å². The summed E-state index contributed by atoms with van der Waals surface area (Å²) in [5, 5.41) is 0. The number of phosphoric ester groups is 1. The van der Waals surface area contributed by atoms with Crippen LogP contribution in [0.15, 0.2) is 12.2 Å². The molecule has 2 atom stereocenters. The van der Waals surface area contributed by atoms with Crippen molar-refractivity contribution < 1.29 is 37.3 Å². The second-order valence-corrected chi connectivity index (χ2v) is 15.7. The number of esters is 1. The van der Waals surface area contributed by atoms with Gasteiger partial charge in [-0.15, -0.1) is 0 Å². The molecule has 280 valence electrons. The zero-order valence-corrected chi connectivity index (χ0v) is 32.4. The molecular formula is C38H76NO7P. The number of hydrogen-bond acceptors (Lipinski definition) is 7. The van der Waals surface area contributed by atoms with E-state index in [1.54, 1.807) is 0 Å². The average molecular weight is 690 g/mol. The van der Waals surface area contributed by atoms with Crippen LogP contribution in [0.5, 0.6) is 0 Å². The van der Waals surface area contributed by atoms with Crippen LogP contribution in [-0.4, -0.2) is 70.7 Å². The summed E-state index contributed by atoms with van der Waals surface area (Å²) in [6.45, 7) is 5.38. The van der Waals surface area contributed by atoms with Crippen molar-refractivity contribution in [1.29, 1.82) is 0 Å². The molecule has 9 heteroatoms. The molecule has 0 N–H and O–H groups in total. The van der Waals surface area contributed by atoms with E-state index in [2.05, 4.69) is 26.0 Å². The number of rotatable bonds is 36. The Labute approximate surface area is 290 Å². The average Bonchev–Trinajstić information content (AvgIpc) is 3.01. The summed E-state index contributed by atoms with van der Waals surface area (Å²) in [4.78, 5) is 24.9. The van der Waals surface area contributed by atoms with Crippen molar-refractivity contribution in [3.05, 3.63) is 12.2 Å². The summed E-state index contributed by atoms with van der Waals surface area (Å²) < 4.78 is 34.4. The van der Waals surface area contributed by atoms with Crippen molar-refractivity contribution in [3.8, 4) is 0 Å². The van der Waals surface area contributed by atoms with E-state index < -0.39 is 13.9 Å². The molecule has 0 saturated carbocycles. The molecule has 0 amide bonds. The van der Waals surface area contributed by atoms with Gasteiger partial charge in [0.05, 0.1) is 34.4 Å². The van der Waals surface area contributed by atoms with Gasteiger partial charge in [-0.2, -0.15) is 0 Å². The number of allylic oxidation sites excluding steroid dienone is 2. The summed E-state index contributed by atoms with van der Waals surface area (Å²) in [6, 6.07) is 0. The highest BCUT2D eigenvalue weighted by Crippen LogP contribution is 2.38. The second-order valence-electron chi connectivity index (χ2n) is 14.3. The number of likely N-dealkylation sites (N-methyl/N-ethyl adjacent to an activating group) is 1. The van der Waals surface area contributed by atoms with Gasteiger partial charge in [0, 0.05) is 13.0 Å². The molecule has 2 unspecified atom stereocenters. The van der Waals surface area contributed by atoms with E-state index in [1.165, 1.54) is 116 Å². The first kappa shape index (κ1) is 46.2. The first-order valence-corrected chi connectivity index (χ1v) is 20.9. The second kappa shape index (κ2) is 32.4. The van der Waals surface area contributed by atoms with Crippen molar-refractivity contribution in [2.75, 3.05) is 54.1 Å². The summed E-state index contributed by atoms with van der Waals surface area (Å²) >= 11 is 0. The van der Waals surface area contributed by atoms with Gasteiger partial charge in [-0.25, -0.2) is 0 Å². The minimum Gasteiger partial charge on any atom is -0.756 e. The van der Waals surface area contributed by atoms with Crippen LogP contribution in [0.2, 0.25) is 0 Å². The molecule has 0 rings (SSSR count). The molecule has 0 aromatic carbocycles. The highest BCUT2D eigenvalue weighted by atomic mass is 31.2. The number of nitrogens with zero attached hydrogens (tertiary/aromatic N) is 1. The Morgan fingerprint density at radius 3 is 1.62 bits per heavy atom. The Kier molecular flexibility index (Phi) is 31.9. The third-order valence-corrected chi connectivity index (χ3v) is 9.28. The first-order chi connectivity index (χ1) is 22.6. The number of carbonyl (C=O) groups excluding carboxylic acids is 1. The van der Waals surface area contributed by atoms with Gasteiger partial charge in [0.15, 0.2) is 0 Å². The Hall–Kier alpha value is -0.760. The van der Waals surface area contributed by atoms with Gasteiger partial charge in [0.2, 0.25) is 0 Å². The van der Waals surface area contributed by atoms with Crippen molar-refractivity contribution in [1.82, 2.24) is 0 Å². The van der Waals surface area contributed by atoms with Gasteiger partial charge >= 0.3 is 5.97 Å². The summed E-state index contributed by atoms with van der Waals surface area (Å²) in [7, 11) is 1.36. The fourth-order valence-corrected chi connectivity index (χ4v) is 5.97. The number of carbonyl (C=O) groups is 1. The van der Waals surface area contributed by atoms with Crippen LogP contribution in [0.3, 0.4) is 0 Å². The molecule has 0 saturated heterocycles. The van der Waals surface area contributed by atoms with Crippen molar-refractivity contribution >= 4 is 13.8 Å². The summed E-state index contributed by atoms with van der Waals surface area (Å²) in [6.07, 6.45) is 32.1. The maximum Gasteiger partial charge on any atom is 0.306 e. The van der Waals surface area contributed by atoms with Gasteiger partial charge in [0.1, 0.15) is 19.3 Å². The minimum atomic E-state index is -4.51. The maximum absolute atomic E-state index is 12.6. The standard InChI is InChI=1S/C38H76NO7P/c1-6-8-10-12-14-16-18-19-20-21-22-24-26-28-30-33-43-35-37(36-45-47(41,42)44-34-32-39(3,4)5)46-38(40)31-29-27-25-23-17-15-13-11-9-7-2/h18-19,37H,6-17,20-36H2,1-5H3/b19-18-. The normalized spacial score (nSPS) is 14.1. The van der Waals surface area contributed by atoms with E-state index in [-0.39, 0.29) is 25.8 Å². The number of phosphoric acid groups is 1. The monoisotopic (exact) mass is 690 g/mol. The lowest BCUT2D eigenvalue weighted by Crippen LogP contribution is -2.37. The largest absolute Gasteiger partial charge is 0.756 e. The summed E-state index contributed by atoms with van der Waals surface area (Å²) in [5.41, 5.74) is 0. The summed E-state index contributed by atoms with van der Waals surface area (Å²) in [5.74, 6) is -0.338. The van der Waals surface area contributed by atoms with E-state index in [0.29, 0.717) is 24.1 Å². The molecule has 0 spiro atoms. The SMILES string of the molecule is CCCCCCC/C=C\CCCCCCCCOCC(COP(=O)([O-])OCC[N+](C)(C)C)OC(=O)CCCCCCCCCCCC. The molecule has 0 radical (unpaired) electrons. The van der Waals surface area contributed by atoms with Crippen LogP contribution in [0.25, 0.3) is 0 Å². The number of unbranched alkanes of at least 4 members (excludes halogenated alkanes) is 20. The fourth-order valence-electron chi connectivity index (χ4n) is 5.25. The number of ether oxygens (including phenoxy) is 2. The quantitative estimate of drug-likeness (QED) is 0.0212. The third kappa shape index (κ3) is 36.3. The zero-order valence-electron chi connectivity index (χ0n) is 31.5. The Bertz CT molecular complexity index is 772. The van der Waals surface area contributed by atoms with Crippen molar-refractivity contribution in [2.45, 2.75) is 174 Å². The minimum absolute atomic E-state index is 0.0276. The maximum atomic E-state index is 12.6. The Balaban J connectivity index is 4.27. The van der Waals surface area contributed by atoms with E-state index in [1.807, 2.05) is 21.1 Å². The highest BCUT2D eigenvalue weighted by Gasteiger charge is 2.20. The Morgan fingerprint density at radius 2 is 1.11 bits per heavy atom. The molecule has 0 aliphatic rings. The van der Waals surface area contributed by atoms with Crippen molar-refractivity contribution in [2.24, 2.45) is 0 Å². The molecule has 0 aromatic heterocycles. The van der Waals surface area contributed by atoms with Crippen LogP contribution in [0.4, 0.5) is 0 Å². The predicted octanol–water partition coefficient (Wildman–Crippen LogP) is 10.1. The fraction of sp³-hybridized carbons (Fsp3) is 0.921. The molecule has 8 nitrogen and oxygen atoms in total. The molecule has 47 heavy (non-hydrogen) atoms. The van der Waals surface area contributed by atoms with Gasteiger partial charge < -0.3 is 27.9 Å². The topological polar surface area (TPSA) is 94.1 Å².